The van der Waals surface area contributed by atoms with Crippen LogP contribution in [0.15, 0.2) is 52.0 Å². The first kappa shape index (κ1) is 15.6. The average molecular weight is 309 g/mol. The van der Waals surface area contributed by atoms with Crippen molar-refractivity contribution in [2.45, 2.75) is 30.4 Å². The molecule has 0 saturated heterocycles. The molecule has 0 aliphatic heterocycles. The summed E-state index contributed by atoms with van der Waals surface area (Å²) in [4.78, 5) is 0.254. The summed E-state index contributed by atoms with van der Waals surface area (Å²) < 4.78 is 34.1. The lowest BCUT2D eigenvalue weighted by molar-refractivity contribution is 0.144. The molecule has 0 fully saturated rings. The van der Waals surface area contributed by atoms with Crippen LogP contribution in [0.4, 0.5) is 0 Å². The first-order chi connectivity index (χ1) is 9.91. The number of hydrogen-bond donors (Lipinski definition) is 1. The highest BCUT2D eigenvalue weighted by atomic mass is 32.2. The molecule has 0 aliphatic carbocycles. The Morgan fingerprint density at radius 3 is 2.38 bits per heavy atom. The maximum Gasteiger partial charge on any atom is 0.175 e. The minimum absolute atomic E-state index is 0.217. The van der Waals surface area contributed by atoms with Crippen molar-refractivity contribution in [1.29, 1.82) is 0 Å². The zero-order chi connectivity index (χ0) is 15.5. The molecule has 0 aliphatic rings. The smallest absolute Gasteiger partial charge is 0.175 e. The Morgan fingerprint density at radius 2 is 1.90 bits per heavy atom. The van der Waals surface area contributed by atoms with Gasteiger partial charge in [-0.15, -0.1) is 0 Å². The van der Waals surface area contributed by atoms with E-state index in [1.807, 2.05) is 13.0 Å². The first-order valence-corrected chi connectivity index (χ1v) is 8.56. The number of ether oxygens (including phenoxy) is 1. The molecule has 1 aromatic carbocycles. The van der Waals surface area contributed by atoms with Gasteiger partial charge < -0.3 is 14.9 Å². The Balaban J connectivity index is 2.21. The molecule has 1 aromatic heterocycles. The molecule has 5 nitrogen and oxygen atoms in total. The Bertz CT molecular complexity index is 662. The molecular formula is C15H19NO4S. The van der Waals surface area contributed by atoms with E-state index in [-0.39, 0.29) is 10.9 Å². The summed E-state index contributed by atoms with van der Waals surface area (Å²) >= 11 is 0. The fourth-order valence-electron chi connectivity index (χ4n) is 1.94. The third-order valence-corrected chi connectivity index (χ3v) is 4.33. The highest BCUT2D eigenvalue weighted by Gasteiger charge is 2.23. The van der Waals surface area contributed by atoms with E-state index in [9.17, 15) is 8.42 Å². The Kier molecular flexibility index (Phi) is 4.69. The van der Waals surface area contributed by atoms with Crippen molar-refractivity contribution in [3.63, 3.8) is 0 Å². The molecule has 2 unspecified atom stereocenters. The number of sulfone groups is 1. The van der Waals surface area contributed by atoms with Gasteiger partial charge in [-0.1, -0.05) is 6.92 Å². The van der Waals surface area contributed by atoms with Crippen LogP contribution in [-0.4, -0.2) is 20.7 Å². The van der Waals surface area contributed by atoms with Gasteiger partial charge in [-0.3, -0.25) is 0 Å². The molecule has 0 bridgehead atoms. The van der Waals surface area contributed by atoms with Crippen LogP contribution in [-0.2, 0) is 9.84 Å². The molecule has 2 aromatic rings. The quantitative estimate of drug-likeness (QED) is 0.886. The van der Waals surface area contributed by atoms with Gasteiger partial charge in [0.1, 0.15) is 11.5 Å². The predicted molar refractivity (Wildman–Crippen MR) is 79.9 cm³/mol. The number of benzene rings is 1. The average Bonchev–Trinajstić information content (AvgIpc) is 2.97. The Morgan fingerprint density at radius 1 is 1.24 bits per heavy atom. The molecule has 0 radical (unpaired) electrons. The molecule has 0 saturated carbocycles. The van der Waals surface area contributed by atoms with Gasteiger partial charge in [-0.05, 0) is 42.8 Å². The minimum atomic E-state index is -3.21. The van der Waals surface area contributed by atoms with Gasteiger partial charge in [-0.25, -0.2) is 8.42 Å². The molecule has 2 rings (SSSR count). The van der Waals surface area contributed by atoms with Crippen LogP contribution in [0.3, 0.4) is 0 Å². The lowest BCUT2D eigenvalue weighted by Gasteiger charge is -2.22. The standard InChI is InChI=1S/C15H19NO4S/c1-3-13(16)15(14-5-4-10-19-14)20-11-6-8-12(9-7-11)21(2,17)18/h4-10,13,15H,3,16H2,1-2H3. The molecule has 21 heavy (non-hydrogen) atoms. The monoisotopic (exact) mass is 309 g/mol. The van der Waals surface area contributed by atoms with E-state index in [2.05, 4.69) is 0 Å². The number of furan rings is 1. The van der Waals surface area contributed by atoms with Crippen LogP contribution in [0.2, 0.25) is 0 Å². The topological polar surface area (TPSA) is 82.5 Å². The molecule has 114 valence electrons. The van der Waals surface area contributed by atoms with Crippen molar-refractivity contribution >= 4 is 9.84 Å². The van der Waals surface area contributed by atoms with Crippen LogP contribution >= 0.6 is 0 Å². The second-order valence-electron chi connectivity index (χ2n) is 4.87. The van der Waals surface area contributed by atoms with Crippen molar-refractivity contribution in [3.05, 3.63) is 48.4 Å². The second kappa shape index (κ2) is 6.32. The lowest BCUT2D eigenvalue weighted by atomic mass is 10.1. The first-order valence-electron chi connectivity index (χ1n) is 6.67. The Labute approximate surface area is 124 Å². The predicted octanol–water partition coefficient (Wildman–Crippen LogP) is 2.54. The summed E-state index contributed by atoms with van der Waals surface area (Å²) in [6.45, 7) is 1.97. The van der Waals surface area contributed by atoms with Gasteiger partial charge in [0, 0.05) is 12.3 Å². The van der Waals surface area contributed by atoms with Crippen molar-refractivity contribution in [2.75, 3.05) is 6.26 Å². The molecule has 0 spiro atoms. The summed E-state index contributed by atoms with van der Waals surface area (Å²) in [5, 5.41) is 0. The number of nitrogens with two attached hydrogens (primary N) is 1. The fourth-order valence-corrected chi connectivity index (χ4v) is 2.57. The van der Waals surface area contributed by atoms with Crippen molar-refractivity contribution in [1.82, 2.24) is 0 Å². The van der Waals surface area contributed by atoms with E-state index in [1.165, 1.54) is 18.4 Å². The van der Waals surface area contributed by atoms with Crippen LogP contribution in [0.1, 0.15) is 25.2 Å². The van der Waals surface area contributed by atoms with Crippen LogP contribution in [0, 0.1) is 0 Å². The van der Waals surface area contributed by atoms with Gasteiger partial charge in [0.05, 0.1) is 11.2 Å². The third-order valence-electron chi connectivity index (χ3n) is 3.20. The third kappa shape index (κ3) is 3.86. The van der Waals surface area contributed by atoms with Crippen molar-refractivity contribution in [3.8, 4) is 5.75 Å². The summed E-state index contributed by atoms with van der Waals surface area (Å²) in [5.74, 6) is 1.20. The van der Waals surface area contributed by atoms with Crippen molar-refractivity contribution < 1.29 is 17.6 Å². The molecule has 1 heterocycles. The number of hydrogen-bond acceptors (Lipinski definition) is 5. The van der Waals surface area contributed by atoms with E-state index in [0.717, 1.165) is 6.42 Å². The number of rotatable bonds is 6. The zero-order valence-corrected chi connectivity index (χ0v) is 12.8. The normalized spacial score (nSPS) is 14.6. The molecule has 6 heteroatoms. The SMILES string of the molecule is CCC(N)C(Oc1ccc(S(C)(=O)=O)cc1)c1ccco1. The largest absolute Gasteiger partial charge is 0.481 e. The highest BCUT2D eigenvalue weighted by Crippen LogP contribution is 2.26. The summed E-state index contributed by atoms with van der Waals surface area (Å²) in [5.41, 5.74) is 6.07. The van der Waals surface area contributed by atoms with E-state index in [1.54, 1.807) is 24.5 Å². The van der Waals surface area contributed by atoms with E-state index >= 15 is 0 Å². The maximum atomic E-state index is 11.4. The molecule has 2 N–H and O–H groups in total. The highest BCUT2D eigenvalue weighted by molar-refractivity contribution is 7.90. The molecule has 0 amide bonds. The van der Waals surface area contributed by atoms with Crippen LogP contribution < -0.4 is 10.5 Å². The van der Waals surface area contributed by atoms with Gasteiger partial charge in [0.15, 0.2) is 15.9 Å². The summed E-state index contributed by atoms with van der Waals surface area (Å²) in [7, 11) is -3.21. The van der Waals surface area contributed by atoms with E-state index in [4.69, 9.17) is 14.9 Å². The van der Waals surface area contributed by atoms with Gasteiger partial charge >= 0.3 is 0 Å². The molecule has 2 atom stereocenters. The summed E-state index contributed by atoms with van der Waals surface area (Å²) in [6, 6.07) is 9.64. The Hall–Kier alpha value is -1.79. The van der Waals surface area contributed by atoms with Gasteiger partial charge in [0.2, 0.25) is 0 Å². The minimum Gasteiger partial charge on any atom is -0.481 e. The zero-order valence-electron chi connectivity index (χ0n) is 12.0. The van der Waals surface area contributed by atoms with Gasteiger partial charge in [0.25, 0.3) is 0 Å². The van der Waals surface area contributed by atoms with Crippen molar-refractivity contribution in [2.24, 2.45) is 5.73 Å². The van der Waals surface area contributed by atoms with Crippen LogP contribution in [0.25, 0.3) is 0 Å². The molecular weight excluding hydrogens is 290 g/mol. The second-order valence-corrected chi connectivity index (χ2v) is 6.89. The maximum absolute atomic E-state index is 11.4. The van der Waals surface area contributed by atoms with E-state index < -0.39 is 15.9 Å². The fraction of sp³-hybridized carbons (Fsp3) is 0.333. The van der Waals surface area contributed by atoms with Crippen LogP contribution in [0.5, 0.6) is 5.75 Å². The summed E-state index contributed by atoms with van der Waals surface area (Å²) in [6.07, 6.45) is 3.06. The van der Waals surface area contributed by atoms with E-state index in [0.29, 0.717) is 11.5 Å². The lowest BCUT2D eigenvalue weighted by Crippen LogP contribution is -2.31. The van der Waals surface area contributed by atoms with Gasteiger partial charge in [-0.2, -0.15) is 0 Å².